The van der Waals surface area contributed by atoms with Crippen molar-refractivity contribution in [3.63, 3.8) is 0 Å². The number of hydrogen-bond acceptors (Lipinski definition) is 2. The minimum absolute atomic E-state index is 0.115. The number of hydrogen-bond donors (Lipinski definition) is 1. The smallest absolute Gasteiger partial charge is 0.235 e. The maximum atomic E-state index is 12.8. The van der Waals surface area contributed by atoms with Crippen LogP contribution in [-0.4, -0.2) is 28.9 Å². The van der Waals surface area contributed by atoms with E-state index >= 15 is 0 Å². The Balaban J connectivity index is 2.87. The third-order valence-electron chi connectivity index (χ3n) is 4.86. The van der Waals surface area contributed by atoms with Crippen LogP contribution >= 0.6 is 12.2 Å². The number of thiocarbonyl (C=S) groups is 1. The largest absolute Gasteiger partial charge is 0.392 e. The lowest BCUT2D eigenvalue weighted by Gasteiger charge is -2.40. The third kappa shape index (κ3) is 3.28. The summed E-state index contributed by atoms with van der Waals surface area (Å²) in [6.07, 6.45) is 6.06. The standard InChI is InChI=1S/C15H28N2OS/c1-5-15(6-2,13(16)19)14(18)17(4)12-9-7-8-11(3)10-12/h11-12H,5-10H2,1-4H3,(H2,16,19). The SMILES string of the molecule is CCC(CC)(C(=O)N(C)C1CCCC(C)C1)C(N)=S. The highest BCUT2D eigenvalue weighted by Crippen LogP contribution is 2.33. The topological polar surface area (TPSA) is 46.3 Å². The van der Waals surface area contributed by atoms with E-state index in [1.165, 1.54) is 12.8 Å². The van der Waals surface area contributed by atoms with Gasteiger partial charge in [-0.2, -0.15) is 0 Å². The highest BCUT2D eigenvalue weighted by atomic mass is 32.1. The van der Waals surface area contributed by atoms with E-state index < -0.39 is 5.41 Å². The average Bonchev–Trinajstić information content (AvgIpc) is 2.39. The molecule has 0 bridgehead atoms. The second kappa shape index (κ2) is 6.69. The monoisotopic (exact) mass is 284 g/mol. The maximum absolute atomic E-state index is 12.8. The molecule has 1 rings (SSSR count). The zero-order chi connectivity index (χ0) is 14.6. The lowest BCUT2D eigenvalue weighted by atomic mass is 9.79. The minimum atomic E-state index is -0.648. The van der Waals surface area contributed by atoms with Gasteiger partial charge in [-0.25, -0.2) is 0 Å². The van der Waals surface area contributed by atoms with Crippen LogP contribution in [0.25, 0.3) is 0 Å². The Hall–Kier alpha value is -0.640. The van der Waals surface area contributed by atoms with Crippen LogP contribution in [0, 0.1) is 11.3 Å². The maximum Gasteiger partial charge on any atom is 0.235 e. The van der Waals surface area contributed by atoms with Gasteiger partial charge in [0.05, 0.1) is 10.4 Å². The van der Waals surface area contributed by atoms with Crippen molar-refractivity contribution in [3.8, 4) is 0 Å². The Bertz CT molecular complexity index is 339. The fraction of sp³-hybridized carbons (Fsp3) is 0.867. The highest BCUT2D eigenvalue weighted by Gasteiger charge is 2.42. The summed E-state index contributed by atoms with van der Waals surface area (Å²) in [5.74, 6) is 0.820. The molecule has 0 aliphatic heterocycles. The van der Waals surface area contributed by atoms with E-state index in [1.807, 2.05) is 25.8 Å². The molecule has 2 N–H and O–H groups in total. The van der Waals surface area contributed by atoms with Gasteiger partial charge >= 0.3 is 0 Å². The van der Waals surface area contributed by atoms with Crippen LogP contribution in [0.1, 0.15) is 59.3 Å². The van der Waals surface area contributed by atoms with Crippen LogP contribution in [-0.2, 0) is 4.79 Å². The molecule has 19 heavy (non-hydrogen) atoms. The zero-order valence-corrected chi connectivity index (χ0v) is 13.6. The van der Waals surface area contributed by atoms with Crippen LogP contribution in [0.5, 0.6) is 0 Å². The van der Waals surface area contributed by atoms with Crippen LogP contribution in [0.2, 0.25) is 0 Å². The van der Waals surface area contributed by atoms with Crippen molar-refractivity contribution >= 4 is 23.1 Å². The summed E-state index contributed by atoms with van der Waals surface area (Å²) in [5.41, 5.74) is 5.22. The number of amides is 1. The van der Waals surface area contributed by atoms with E-state index in [9.17, 15) is 4.79 Å². The molecule has 0 aromatic carbocycles. The van der Waals surface area contributed by atoms with Gasteiger partial charge in [0.2, 0.25) is 5.91 Å². The molecule has 0 spiro atoms. The molecule has 0 aromatic heterocycles. The van der Waals surface area contributed by atoms with Crippen LogP contribution < -0.4 is 5.73 Å². The van der Waals surface area contributed by atoms with E-state index in [0.29, 0.717) is 29.8 Å². The van der Waals surface area contributed by atoms with Crippen molar-refractivity contribution in [2.24, 2.45) is 17.1 Å². The molecule has 2 unspecified atom stereocenters. The summed E-state index contributed by atoms with van der Waals surface area (Å²) < 4.78 is 0. The number of carbonyl (C=O) groups is 1. The van der Waals surface area contributed by atoms with E-state index in [-0.39, 0.29) is 5.91 Å². The first-order valence-corrected chi connectivity index (χ1v) is 7.87. The van der Waals surface area contributed by atoms with E-state index in [4.69, 9.17) is 18.0 Å². The van der Waals surface area contributed by atoms with Crippen molar-refractivity contribution in [1.29, 1.82) is 0 Å². The quantitative estimate of drug-likeness (QED) is 0.789. The number of rotatable bonds is 5. The molecule has 0 aromatic rings. The minimum Gasteiger partial charge on any atom is -0.392 e. The molecule has 1 amide bonds. The Morgan fingerprint density at radius 1 is 1.37 bits per heavy atom. The zero-order valence-electron chi connectivity index (χ0n) is 12.7. The highest BCUT2D eigenvalue weighted by molar-refractivity contribution is 7.80. The molecule has 1 aliphatic carbocycles. The Labute approximate surface area is 122 Å². The van der Waals surface area contributed by atoms with Gasteiger partial charge in [-0.1, -0.05) is 45.8 Å². The van der Waals surface area contributed by atoms with Gasteiger partial charge in [-0.15, -0.1) is 0 Å². The Kier molecular flexibility index (Phi) is 5.78. The first-order chi connectivity index (χ1) is 8.89. The molecular formula is C15H28N2OS. The summed E-state index contributed by atoms with van der Waals surface area (Å²) >= 11 is 5.18. The van der Waals surface area contributed by atoms with Gasteiger partial charge in [0.25, 0.3) is 0 Å². The molecular weight excluding hydrogens is 256 g/mol. The van der Waals surface area contributed by atoms with Gasteiger partial charge in [-0.05, 0) is 31.6 Å². The fourth-order valence-corrected chi connectivity index (χ4v) is 3.64. The summed E-state index contributed by atoms with van der Waals surface area (Å²) in [4.78, 5) is 15.1. The molecule has 0 saturated heterocycles. The Morgan fingerprint density at radius 3 is 2.37 bits per heavy atom. The predicted octanol–water partition coefficient (Wildman–Crippen LogP) is 3.12. The van der Waals surface area contributed by atoms with E-state index in [1.54, 1.807) is 0 Å². The lowest BCUT2D eigenvalue weighted by molar-refractivity contribution is -0.140. The number of carbonyl (C=O) groups excluding carboxylic acids is 1. The first kappa shape index (κ1) is 16.4. The van der Waals surface area contributed by atoms with Crippen molar-refractivity contribution in [2.45, 2.75) is 65.3 Å². The normalized spacial score (nSPS) is 24.0. The molecule has 110 valence electrons. The number of nitrogens with zero attached hydrogens (tertiary/aromatic N) is 1. The summed E-state index contributed by atoms with van der Waals surface area (Å²) in [5, 5.41) is 0. The van der Waals surface area contributed by atoms with Crippen LogP contribution in [0.3, 0.4) is 0 Å². The van der Waals surface area contributed by atoms with Gasteiger partial charge in [0.15, 0.2) is 0 Å². The van der Waals surface area contributed by atoms with Crippen molar-refractivity contribution in [1.82, 2.24) is 4.90 Å². The summed E-state index contributed by atoms with van der Waals surface area (Å²) in [6, 6.07) is 0.350. The molecule has 1 fully saturated rings. The molecule has 0 radical (unpaired) electrons. The van der Waals surface area contributed by atoms with Crippen molar-refractivity contribution in [2.75, 3.05) is 7.05 Å². The van der Waals surface area contributed by atoms with Crippen LogP contribution in [0.15, 0.2) is 0 Å². The fourth-order valence-electron chi connectivity index (χ4n) is 3.26. The average molecular weight is 284 g/mol. The van der Waals surface area contributed by atoms with Gasteiger partial charge in [0, 0.05) is 13.1 Å². The summed E-state index contributed by atoms with van der Waals surface area (Å²) in [6.45, 7) is 6.26. The van der Waals surface area contributed by atoms with Gasteiger partial charge in [0.1, 0.15) is 0 Å². The predicted molar refractivity (Wildman–Crippen MR) is 84.0 cm³/mol. The van der Waals surface area contributed by atoms with Crippen molar-refractivity contribution in [3.05, 3.63) is 0 Å². The molecule has 4 heteroatoms. The lowest BCUT2D eigenvalue weighted by Crippen LogP contribution is -2.52. The second-order valence-electron chi connectivity index (χ2n) is 6.00. The van der Waals surface area contributed by atoms with E-state index in [2.05, 4.69) is 6.92 Å². The number of nitrogens with two attached hydrogens (primary N) is 1. The van der Waals surface area contributed by atoms with Crippen molar-refractivity contribution < 1.29 is 4.79 Å². The Morgan fingerprint density at radius 2 is 1.95 bits per heavy atom. The molecule has 1 aliphatic rings. The third-order valence-corrected chi connectivity index (χ3v) is 5.26. The van der Waals surface area contributed by atoms with Crippen LogP contribution in [0.4, 0.5) is 0 Å². The molecule has 1 saturated carbocycles. The van der Waals surface area contributed by atoms with E-state index in [0.717, 1.165) is 12.8 Å². The molecule has 2 atom stereocenters. The second-order valence-corrected chi connectivity index (χ2v) is 6.43. The molecule has 0 heterocycles. The van der Waals surface area contributed by atoms with Gasteiger partial charge in [-0.3, -0.25) is 4.79 Å². The first-order valence-electron chi connectivity index (χ1n) is 7.46. The molecule has 3 nitrogen and oxygen atoms in total. The summed E-state index contributed by atoms with van der Waals surface area (Å²) in [7, 11) is 1.92. The van der Waals surface area contributed by atoms with Gasteiger partial charge < -0.3 is 10.6 Å².